The fourth-order valence-electron chi connectivity index (χ4n) is 1.60. The van der Waals surface area contributed by atoms with E-state index in [0.29, 0.717) is 13.2 Å². The summed E-state index contributed by atoms with van der Waals surface area (Å²) in [4.78, 5) is 11.5. The number of carbonyl (C=O) groups excluding carboxylic acids is 1. The van der Waals surface area contributed by atoms with E-state index in [-0.39, 0.29) is 5.97 Å². The molecular weight excluding hydrogens is 272 g/mol. The maximum atomic E-state index is 11.5. The van der Waals surface area contributed by atoms with Crippen molar-refractivity contribution in [3.8, 4) is 0 Å². The summed E-state index contributed by atoms with van der Waals surface area (Å²) < 4.78 is 10.6. The summed E-state index contributed by atoms with van der Waals surface area (Å²) in [5.74, 6) is -0.171. The van der Waals surface area contributed by atoms with Gasteiger partial charge in [-0.25, -0.2) is 4.79 Å². The highest BCUT2D eigenvalue weighted by Crippen LogP contribution is 2.40. The van der Waals surface area contributed by atoms with Crippen molar-refractivity contribution in [2.75, 3.05) is 18.5 Å². The molecule has 1 fully saturated rings. The molecule has 0 aromatic rings. The van der Waals surface area contributed by atoms with Crippen LogP contribution in [0.5, 0.6) is 0 Å². The van der Waals surface area contributed by atoms with Gasteiger partial charge in [0.15, 0.2) is 5.60 Å². The molecule has 16 heavy (non-hydrogen) atoms. The van der Waals surface area contributed by atoms with Crippen LogP contribution in [0, 0.1) is 0 Å². The number of carbonyl (C=O) groups is 1. The fourth-order valence-corrected chi connectivity index (χ4v) is 2.00. The molecule has 1 aliphatic carbocycles. The first kappa shape index (κ1) is 14.0. The third-order valence-corrected chi connectivity index (χ3v) is 3.32. The van der Waals surface area contributed by atoms with Crippen LogP contribution in [0.2, 0.25) is 0 Å². The van der Waals surface area contributed by atoms with Crippen molar-refractivity contribution in [1.29, 1.82) is 0 Å². The van der Waals surface area contributed by atoms with E-state index >= 15 is 0 Å². The van der Waals surface area contributed by atoms with Crippen molar-refractivity contribution in [3.63, 3.8) is 0 Å². The Bertz CT molecular complexity index is 214. The van der Waals surface area contributed by atoms with Gasteiger partial charge in [0.05, 0.1) is 6.61 Å². The monoisotopic (exact) mass is 292 g/mol. The zero-order chi connectivity index (χ0) is 11.9. The molecule has 4 heteroatoms. The van der Waals surface area contributed by atoms with Crippen LogP contribution >= 0.6 is 15.9 Å². The molecule has 0 amide bonds. The van der Waals surface area contributed by atoms with Crippen molar-refractivity contribution >= 4 is 21.9 Å². The van der Waals surface area contributed by atoms with E-state index in [1.165, 1.54) is 19.3 Å². The summed E-state index contributed by atoms with van der Waals surface area (Å²) in [6, 6.07) is 0. The molecule has 0 N–H and O–H groups in total. The van der Waals surface area contributed by atoms with Crippen molar-refractivity contribution in [2.24, 2.45) is 0 Å². The SMILES string of the molecule is CCOC(=O)C1(OCCCCCCBr)CC1. The quantitative estimate of drug-likeness (QED) is 0.372. The number of alkyl halides is 1. The van der Waals surface area contributed by atoms with Crippen LogP contribution in [0.25, 0.3) is 0 Å². The summed E-state index contributed by atoms with van der Waals surface area (Å²) in [6.07, 6.45) is 6.29. The number of rotatable bonds is 9. The zero-order valence-corrected chi connectivity index (χ0v) is 11.6. The van der Waals surface area contributed by atoms with Crippen LogP contribution in [0.4, 0.5) is 0 Å². The Hall–Kier alpha value is -0.0900. The van der Waals surface area contributed by atoms with E-state index in [9.17, 15) is 4.79 Å². The standard InChI is InChI=1S/C12H21BrO3/c1-2-15-11(14)12(7-8-12)16-10-6-4-3-5-9-13/h2-10H2,1H3. The summed E-state index contributed by atoms with van der Waals surface area (Å²) in [5.41, 5.74) is -0.564. The minimum absolute atomic E-state index is 0.171. The van der Waals surface area contributed by atoms with Gasteiger partial charge in [0.1, 0.15) is 0 Å². The summed E-state index contributed by atoms with van der Waals surface area (Å²) in [7, 11) is 0. The van der Waals surface area contributed by atoms with Crippen molar-refractivity contribution < 1.29 is 14.3 Å². The lowest BCUT2D eigenvalue weighted by Crippen LogP contribution is -2.29. The normalized spacial score (nSPS) is 17.1. The first-order valence-electron chi connectivity index (χ1n) is 6.12. The van der Waals surface area contributed by atoms with Gasteiger partial charge in [0.25, 0.3) is 0 Å². The van der Waals surface area contributed by atoms with Gasteiger partial charge in [0.2, 0.25) is 0 Å². The van der Waals surface area contributed by atoms with E-state index in [1.54, 1.807) is 0 Å². The van der Waals surface area contributed by atoms with E-state index in [0.717, 1.165) is 24.6 Å². The van der Waals surface area contributed by atoms with Gasteiger partial charge >= 0.3 is 5.97 Å². The molecule has 94 valence electrons. The van der Waals surface area contributed by atoms with Gasteiger partial charge in [-0.1, -0.05) is 28.8 Å². The van der Waals surface area contributed by atoms with Crippen LogP contribution in [0.1, 0.15) is 45.4 Å². The lowest BCUT2D eigenvalue weighted by Gasteiger charge is -2.14. The minimum Gasteiger partial charge on any atom is -0.464 e. The molecule has 0 unspecified atom stereocenters. The maximum Gasteiger partial charge on any atom is 0.338 e. The number of hydrogen-bond acceptors (Lipinski definition) is 3. The number of hydrogen-bond donors (Lipinski definition) is 0. The second kappa shape index (κ2) is 7.28. The van der Waals surface area contributed by atoms with Gasteiger partial charge in [-0.2, -0.15) is 0 Å². The average Bonchev–Trinajstić information content (AvgIpc) is 3.05. The molecule has 0 spiro atoms. The van der Waals surface area contributed by atoms with Gasteiger partial charge in [-0.3, -0.25) is 0 Å². The third-order valence-electron chi connectivity index (χ3n) is 2.76. The van der Waals surface area contributed by atoms with Crippen LogP contribution in [-0.4, -0.2) is 30.1 Å². The molecule has 1 saturated carbocycles. The molecule has 0 aliphatic heterocycles. The van der Waals surface area contributed by atoms with E-state index in [1.807, 2.05) is 6.92 Å². The Morgan fingerprint density at radius 2 is 1.94 bits per heavy atom. The predicted molar refractivity (Wildman–Crippen MR) is 66.8 cm³/mol. The lowest BCUT2D eigenvalue weighted by atomic mass is 10.2. The van der Waals surface area contributed by atoms with E-state index in [4.69, 9.17) is 9.47 Å². The second-order valence-electron chi connectivity index (χ2n) is 4.17. The molecular formula is C12H21BrO3. The lowest BCUT2D eigenvalue weighted by molar-refractivity contribution is -0.160. The molecule has 0 aromatic heterocycles. The molecule has 3 nitrogen and oxygen atoms in total. The van der Waals surface area contributed by atoms with Crippen LogP contribution in [0.15, 0.2) is 0 Å². The molecule has 0 saturated heterocycles. The number of ether oxygens (including phenoxy) is 2. The third kappa shape index (κ3) is 4.42. The maximum absolute atomic E-state index is 11.5. The highest BCUT2D eigenvalue weighted by Gasteiger charge is 2.52. The highest BCUT2D eigenvalue weighted by atomic mass is 79.9. The smallest absolute Gasteiger partial charge is 0.338 e. The molecule has 1 rings (SSSR count). The van der Waals surface area contributed by atoms with Crippen LogP contribution in [-0.2, 0) is 14.3 Å². The zero-order valence-electron chi connectivity index (χ0n) is 9.97. The molecule has 0 aromatic carbocycles. The summed E-state index contributed by atoms with van der Waals surface area (Å²) >= 11 is 3.40. The largest absolute Gasteiger partial charge is 0.464 e. The molecule has 0 radical (unpaired) electrons. The Balaban J connectivity index is 2.06. The summed E-state index contributed by atoms with van der Waals surface area (Å²) in [5, 5.41) is 1.07. The number of esters is 1. The number of unbranched alkanes of at least 4 members (excludes halogenated alkanes) is 3. The summed E-state index contributed by atoms with van der Waals surface area (Å²) in [6.45, 7) is 2.95. The van der Waals surface area contributed by atoms with Gasteiger partial charge in [0, 0.05) is 11.9 Å². The Kier molecular flexibility index (Phi) is 6.36. The number of halogens is 1. The minimum atomic E-state index is -0.564. The second-order valence-corrected chi connectivity index (χ2v) is 4.96. The van der Waals surface area contributed by atoms with Gasteiger partial charge in [-0.05, 0) is 32.6 Å². The van der Waals surface area contributed by atoms with Crippen molar-refractivity contribution in [2.45, 2.75) is 51.0 Å². The first-order valence-corrected chi connectivity index (χ1v) is 7.24. The fraction of sp³-hybridized carbons (Fsp3) is 0.917. The Labute approximate surface area is 106 Å². The topological polar surface area (TPSA) is 35.5 Å². The van der Waals surface area contributed by atoms with Crippen molar-refractivity contribution in [1.82, 2.24) is 0 Å². The average molecular weight is 293 g/mol. The molecule has 0 heterocycles. The molecule has 1 aliphatic rings. The highest BCUT2D eigenvalue weighted by molar-refractivity contribution is 9.09. The molecule has 0 bridgehead atoms. The van der Waals surface area contributed by atoms with Crippen molar-refractivity contribution in [3.05, 3.63) is 0 Å². The predicted octanol–water partition coefficient (Wildman–Crippen LogP) is 3.05. The van der Waals surface area contributed by atoms with E-state index < -0.39 is 5.60 Å². The van der Waals surface area contributed by atoms with Gasteiger partial charge < -0.3 is 9.47 Å². The van der Waals surface area contributed by atoms with E-state index in [2.05, 4.69) is 15.9 Å². The Morgan fingerprint density at radius 1 is 1.25 bits per heavy atom. The Morgan fingerprint density at radius 3 is 2.50 bits per heavy atom. The molecule has 0 atom stereocenters. The first-order chi connectivity index (χ1) is 7.75. The van der Waals surface area contributed by atoms with Crippen LogP contribution < -0.4 is 0 Å². The van der Waals surface area contributed by atoms with Gasteiger partial charge in [-0.15, -0.1) is 0 Å². The van der Waals surface area contributed by atoms with Crippen LogP contribution in [0.3, 0.4) is 0 Å².